The lowest BCUT2D eigenvalue weighted by Crippen LogP contribution is -2.69. The van der Waals surface area contributed by atoms with E-state index in [-0.39, 0.29) is 39.7 Å². The average molecular weight is 775 g/mol. The zero-order valence-electron chi connectivity index (χ0n) is 30.0. The quantitative estimate of drug-likeness (QED) is 0.138. The molecule has 0 radical (unpaired) electrons. The summed E-state index contributed by atoms with van der Waals surface area (Å²) in [5.74, 6) is 1.24. The standard InChI is InChI=1S/C40H42Cl2FN7O4/c1-53-34-15-32-29(39(45-21-44-32)46-31-9-8-30(41)37(42)38(31)43)14-35(34)54-28-6-2-22(3-7-28)16-48-19-26-13-27(20-48)50(26)25-5-4-23-17-49(18-24(23)12-25)33-10-11-36(51)47-40(33)52/h4-5,8-9,12,14-15,21-22,26-28,33H,2-3,6-7,10-11,13,16-20H2,1H3,(H,44,45,46)(H,47,51,52). The van der Waals surface area contributed by atoms with E-state index >= 15 is 0 Å². The molecular formula is C40H42Cl2FN7O4. The number of piperidine rings is 2. The van der Waals surface area contributed by atoms with E-state index in [2.05, 4.69) is 53.5 Å². The predicted molar refractivity (Wildman–Crippen MR) is 205 cm³/mol. The van der Waals surface area contributed by atoms with Gasteiger partial charge in [0.1, 0.15) is 12.1 Å². The van der Waals surface area contributed by atoms with Gasteiger partial charge in [-0.2, -0.15) is 0 Å². The van der Waals surface area contributed by atoms with Gasteiger partial charge in [-0.3, -0.25) is 24.7 Å². The highest BCUT2D eigenvalue weighted by Crippen LogP contribution is 2.42. The van der Waals surface area contributed by atoms with Gasteiger partial charge in [-0.05, 0) is 85.9 Å². The molecule has 4 aromatic rings. The molecular weight excluding hydrogens is 732 g/mol. The van der Waals surface area contributed by atoms with Gasteiger partial charge in [0, 0.05) is 68.4 Å². The van der Waals surface area contributed by atoms with Crippen molar-refractivity contribution in [2.24, 2.45) is 5.92 Å². The predicted octanol–water partition coefficient (Wildman–Crippen LogP) is 6.85. The van der Waals surface area contributed by atoms with Crippen molar-refractivity contribution < 1.29 is 23.5 Å². The second-order valence-electron chi connectivity index (χ2n) is 15.3. The van der Waals surface area contributed by atoms with E-state index in [1.165, 1.54) is 41.7 Å². The molecule has 3 atom stereocenters. The maximum absolute atomic E-state index is 14.9. The third-order valence-corrected chi connectivity index (χ3v) is 12.7. The molecule has 282 valence electrons. The van der Waals surface area contributed by atoms with Crippen molar-refractivity contribution in [3.63, 3.8) is 0 Å². The Kier molecular flexibility index (Phi) is 9.49. The molecule has 6 heterocycles. The van der Waals surface area contributed by atoms with Crippen molar-refractivity contribution >= 4 is 63.1 Å². The number of halogens is 3. The largest absolute Gasteiger partial charge is 0.493 e. The third-order valence-electron chi connectivity index (χ3n) is 12.0. The number of hydrogen-bond acceptors (Lipinski definition) is 10. The van der Waals surface area contributed by atoms with E-state index in [1.54, 1.807) is 7.11 Å². The number of rotatable bonds is 9. The number of methoxy groups -OCH3 is 1. The van der Waals surface area contributed by atoms with Crippen LogP contribution >= 0.6 is 23.2 Å². The van der Waals surface area contributed by atoms with Crippen molar-refractivity contribution in [1.82, 2.24) is 25.1 Å². The van der Waals surface area contributed by atoms with Gasteiger partial charge in [0.2, 0.25) is 11.8 Å². The van der Waals surface area contributed by atoms with E-state index in [4.69, 9.17) is 32.7 Å². The number of nitrogens with zero attached hydrogens (tertiary/aromatic N) is 5. The molecule has 4 saturated heterocycles. The first-order valence-corrected chi connectivity index (χ1v) is 19.6. The highest BCUT2D eigenvalue weighted by atomic mass is 35.5. The highest BCUT2D eigenvalue weighted by molar-refractivity contribution is 6.42. The Morgan fingerprint density at radius 2 is 1.74 bits per heavy atom. The number of fused-ring (bicyclic) bond motifs is 4. The molecule has 6 aliphatic rings. The molecule has 14 heteroatoms. The average Bonchev–Trinajstić information content (AvgIpc) is 3.59. The van der Waals surface area contributed by atoms with Crippen LogP contribution in [0.25, 0.3) is 10.9 Å². The first kappa shape index (κ1) is 35.5. The van der Waals surface area contributed by atoms with Gasteiger partial charge in [0.25, 0.3) is 0 Å². The van der Waals surface area contributed by atoms with E-state index in [0.717, 1.165) is 58.4 Å². The molecule has 1 saturated carbocycles. The highest BCUT2D eigenvalue weighted by Gasteiger charge is 2.45. The van der Waals surface area contributed by atoms with Crippen LogP contribution in [0.2, 0.25) is 10.0 Å². The van der Waals surface area contributed by atoms with E-state index in [1.807, 2.05) is 12.1 Å². The molecule has 2 amide bonds. The van der Waals surface area contributed by atoms with Crippen molar-refractivity contribution in [1.29, 1.82) is 0 Å². The molecule has 3 aromatic carbocycles. The van der Waals surface area contributed by atoms with Crippen molar-refractivity contribution in [3.05, 3.63) is 75.8 Å². The van der Waals surface area contributed by atoms with Crippen LogP contribution in [0.1, 0.15) is 56.1 Å². The summed E-state index contributed by atoms with van der Waals surface area (Å²) in [6.07, 6.45) is 7.79. The van der Waals surface area contributed by atoms with Gasteiger partial charge >= 0.3 is 0 Å². The Morgan fingerprint density at radius 1 is 0.944 bits per heavy atom. The number of hydrogen-bond donors (Lipinski definition) is 2. The van der Waals surface area contributed by atoms with Gasteiger partial charge in [-0.15, -0.1) is 0 Å². The van der Waals surface area contributed by atoms with Crippen molar-refractivity contribution in [2.45, 2.75) is 82.3 Å². The lowest BCUT2D eigenvalue weighted by atomic mass is 9.83. The third kappa shape index (κ3) is 6.71. The number of carbonyl (C=O) groups excluding carboxylic acids is 2. The fourth-order valence-electron chi connectivity index (χ4n) is 9.23. The Bertz CT molecular complexity index is 2120. The maximum atomic E-state index is 14.9. The molecule has 11 nitrogen and oxygen atoms in total. The lowest BCUT2D eigenvalue weighted by Gasteiger charge is -2.58. The molecule has 2 N–H and O–H groups in total. The number of amides is 2. The van der Waals surface area contributed by atoms with Crippen LogP contribution in [-0.2, 0) is 22.7 Å². The number of anilines is 3. The first-order chi connectivity index (χ1) is 26.2. The van der Waals surface area contributed by atoms with Crippen molar-refractivity contribution in [2.75, 3.05) is 37.0 Å². The van der Waals surface area contributed by atoms with Gasteiger partial charge in [0.05, 0.1) is 40.5 Å². The van der Waals surface area contributed by atoms with Crippen LogP contribution in [0.4, 0.5) is 21.6 Å². The fraction of sp³-hybridized carbons (Fsp3) is 0.450. The summed E-state index contributed by atoms with van der Waals surface area (Å²) in [7, 11) is 1.61. The minimum absolute atomic E-state index is 0.0529. The molecule has 2 bridgehead atoms. The molecule has 1 aromatic heterocycles. The second kappa shape index (κ2) is 14.4. The lowest BCUT2D eigenvalue weighted by molar-refractivity contribution is -0.137. The number of carbonyl (C=O) groups is 2. The molecule has 3 unspecified atom stereocenters. The SMILES string of the molecule is COc1cc2ncnc(Nc3ccc(Cl)c(Cl)c3F)c2cc1OC1CCC(CN2CC3CC(C2)N3c2ccc3c(c2)CN(C2CCC(=O)NC2=O)C3)CC1. The zero-order valence-corrected chi connectivity index (χ0v) is 31.5. The number of ether oxygens (including phenoxy) is 2. The molecule has 10 rings (SSSR count). The van der Waals surface area contributed by atoms with E-state index < -0.39 is 5.82 Å². The maximum Gasteiger partial charge on any atom is 0.243 e. The van der Waals surface area contributed by atoms with Crippen LogP contribution in [0.3, 0.4) is 0 Å². The van der Waals surface area contributed by atoms with Gasteiger partial charge < -0.3 is 19.7 Å². The summed E-state index contributed by atoms with van der Waals surface area (Å²) in [5.41, 5.74) is 4.65. The molecule has 54 heavy (non-hydrogen) atoms. The van der Waals surface area contributed by atoms with Gasteiger partial charge in [-0.25, -0.2) is 14.4 Å². The number of aromatic nitrogens is 2. The Morgan fingerprint density at radius 3 is 2.52 bits per heavy atom. The summed E-state index contributed by atoms with van der Waals surface area (Å²) in [5, 5.41) is 6.20. The van der Waals surface area contributed by atoms with Crippen LogP contribution in [-0.4, -0.2) is 82.6 Å². The Hall–Kier alpha value is -4.23. The van der Waals surface area contributed by atoms with Crippen molar-refractivity contribution in [3.8, 4) is 11.5 Å². The smallest absolute Gasteiger partial charge is 0.243 e. The first-order valence-electron chi connectivity index (χ1n) is 18.8. The molecule has 0 spiro atoms. The monoisotopic (exact) mass is 773 g/mol. The minimum Gasteiger partial charge on any atom is -0.493 e. The number of nitrogens with one attached hydrogen (secondary N) is 2. The van der Waals surface area contributed by atoms with E-state index in [0.29, 0.717) is 59.1 Å². The van der Waals surface area contributed by atoms with Crippen LogP contribution < -0.4 is 25.0 Å². The Balaban J connectivity index is 0.792. The second-order valence-corrected chi connectivity index (χ2v) is 16.1. The number of benzene rings is 3. The zero-order chi connectivity index (χ0) is 37.1. The summed E-state index contributed by atoms with van der Waals surface area (Å²) in [4.78, 5) is 40.4. The number of imide groups is 1. The molecule has 1 aliphatic carbocycles. The molecule has 5 aliphatic heterocycles. The summed E-state index contributed by atoms with van der Waals surface area (Å²) in [6, 6.07) is 14.4. The normalized spacial score (nSPS) is 25.6. The van der Waals surface area contributed by atoms with E-state index in [9.17, 15) is 14.0 Å². The van der Waals surface area contributed by atoms with Gasteiger partial charge in [0.15, 0.2) is 17.3 Å². The van der Waals surface area contributed by atoms with Crippen LogP contribution in [0.5, 0.6) is 11.5 Å². The summed E-state index contributed by atoms with van der Waals surface area (Å²) < 4.78 is 27.2. The minimum atomic E-state index is -0.655. The van der Waals surface area contributed by atoms with Crippen LogP contribution in [0.15, 0.2) is 48.8 Å². The topological polar surface area (TPSA) is 112 Å². The summed E-state index contributed by atoms with van der Waals surface area (Å²) >= 11 is 12.0. The number of piperazine rings is 1. The van der Waals surface area contributed by atoms with Crippen LogP contribution in [0, 0.1) is 11.7 Å². The molecule has 5 fully saturated rings. The summed E-state index contributed by atoms with van der Waals surface area (Å²) in [6.45, 7) is 4.76. The van der Waals surface area contributed by atoms with Gasteiger partial charge in [-0.1, -0.05) is 29.3 Å². The fourth-order valence-corrected chi connectivity index (χ4v) is 9.54. The Labute approximate surface area is 323 Å².